The van der Waals surface area contributed by atoms with E-state index in [0.29, 0.717) is 18.1 Å². The van der Waals surface area contributed by atoms with Crippen molar-refractivity contribution in [2.75, 3.05) is 36.4 Å². The fourth-order valence-electron chi connectivity index (χ4n) is 3.05. The Bertz CT molecular complexity index is 794. The van der Waals surface area contributed by atoms with E-state index in [2.05, 4.69) is 10.2 Å². The van der Waals surface area contributed by atoms with Crippen molar-refractivity contribution in [3.05, 3.63) is 59.1 Å². The summed E-state index contributed by atoms with van der Waals surface area (Å²) in [5.74, 6) is -1.61. The number of nitrogens with zero attached hydrogens (tertiary/aromatic N) is 2. The Hall–Kier alpha value is -2.18. The summed E-state index contributed by atoms with van der Waals surface area (Å²) in [7, 11) is 0. The lowest BCUT2D eigenvalue weighted by Gasteiger charge is -2.38. The summed E-state index contributed by atoms with van der Waals surface area (Å²) < 4.78 is 26.9. The van der Waals surface area contributed by atoms with E-state index >= 15 is 0 Å². The topological polar surface area (TPSA) is 35.6 Å². The fraction of sp³-hybridized carbons (Fsp3) is 0.316. The van der Waals surface area contributed by atoms with Crippen molar-refractivity contribution in [3.8, 4) is 0 Å². The van der Waals surface area contributed by atoms with Gasteiger partial charge in [0.15, 0.2) is 0 Å². The second-order valence-electron chi connectivity index (χ2n) is 6.26. The van der Waals surface area contributed by atoms with Gasteiger partial charge in [-0.25, -0.2) is 8.78 Å². The van der Waals surface area contributed by atoms with Crippen LogP contribution >= 0.6 is 11.6 Å². The van der Waals surface area contributed by atoms with Gasteiger partial charge < -0.3 is 10.2 Å². The summed E-state index contributed by atoms with van der Waals surface area (Å²) in [4.78, 5) is 16.6. The molecule has 1 aliphatic heterocycles. The number of hydrogen-bond donors (Lipinski definition) is 1. The largest absolute Gasteiger partial charge is 0.368 e. The Balaban J connectivity index is 1.59. The highest BCUT2D eigenvalue weighted by Gasteiger charge is 2.26. The van der Waals surface area contributed by atoms with Gasteiger partial charge in [-0.1, -0.05) is 23.7 Å². The molecule has 4 nitrogen and oxygen atoms in total. The molecule has 0 aromatic heterocycles. The van der Waals surface area contributed by atoms with Crippen LogP contribution in [0.3, 0.4) is 0 Å². The molecule has 1 amide bonds. The SMILES string of the molecule is C[C@H](C(=O)Nc1cc(F)ccc1F)N1CCN(c2ccccc2Cl)CC1. The Morgan fingerprint density at radius 2 is 1.81 bits per heavy atom. The molecule has 0 saturated carbocycles. The predicted octanol–water partition coefficient (Wildman–Crippen LogP) is 3.77. The smallest absolute Gasteiger partial charge is 0.241 e. The molecule has 1 aliphatic rings. The van der Waals surface area contributed by atoms with Crippen LogP contribution < -0.4 is 10.2 Å². The Morgan fingerprint density at radius 1 is 1.12 bits per heavy atom. The van der Waals surface area contributed by atoms with Gasteiger partial charge >= 0.3 is 0 Å². The minimum Gasteiger partial charge on any atom is -0.368 e. The van der Waals surface area contributed by atoms with Gasteiger partial charge in [-0.2, -0.15) is 0 Å². The van der Waals surface area contributed by atoms with Gasteiger partial charge in [-0.3, -0.25) is 9.69 Å². The Morgan fingerprint density at radius 3 is 2.50 bits per heavy atom. The monoisotopic (exact) mass is 379 g/mol. The van der Waals surface area contributed by atoms with Crippen LogP contribution in [0.4, 0.5) is 20.2 Å². The van der Waals surface area contributed by atoms with Crippen LogP contribution in [0.2, 0.25) is 5.02 Å². The molecule has 0 spiro atoms. The summed E-state index contributed by atoms with van der Waals surface area (Å²) in [5.41, 5.74) is 0.837. The van der Waals surface area contributed by atoms with Gasteiger partial charge in [-0.05, 0) is 31.2 Å². The number of para-hydroxylation sites is 1. The summed E-state index contributed by atoms with van der Waals surface area (Å²) >= 11 is 6.24. The van der Waals surface area contributed by atoms with E-state index < -0.39 is 17.7 Å². The fourth-order valence-corrected chi connectivity index (χ4v) is 3.31. The second kappa shape index (κ2) is 8.01. The molecule has 1 N–H and O–H groups in total. The van der Waals surface area contributed by atoms with E-state index in [1.807, 2.05) is 29.2 Å². The molecular weight excluding hydrogens is 360 g/mol. The lowest BCUT2D eigenvalue weighted by molar-refractivity contribution is -0.120. The number of hydrogen-bond acceptors (Lipinski definition) is 3. The number of carbonyl (C=O) groups excluding carboxylic acids is 1. The molecule has 0 unspecified atom stereocenters. The molecule has 1 heterocycles. The first kappa shape index (κ1) is 18.6. The normalized spacial score (nSPS) is 16.4. The third-order valence-electron chi connectivity index (χ3n) is 4.62. The first-order valence-electron chi connectivity index (χ1n) is 8.45. The van der Waals surface area contributed by atoms with Crippen molar-refractivity contribution in [2.24, 2.45) is 0 Å². The van der Waals surface area contributed by atoms with Gasteiger partial charge in [0, 0.05) is 32.2 Å². The van der Waals surface area contributed by atoms with Gasteiger partial charge in [0.25, 0.3) is 0 Å². The molecule has 0 bridgehead atoms. The zero-order valence-corrected chi connectivity index (χ0v) is 15.1. The zero-order chi connectivity index (χ0) is 18.7. The average molecular weight is 380 g/mol. The lowest BCUT2D eigenvalue weighted by atomic mass is 10.2. The summed E-state index contributed by atoms with van der Waals surface area (Å²) in [6.07, 6.45) is 0. The third kappa shape index (κ3) is 4.14. The molecule has 26 heavy (non-hydrogen) atoms. The summed E-state index contributed by atoms with van der Waals surface area (Å²) in [6, 6.07) is 10.2. The van der Waals surface area contributed by atoms with Gasteiger partial charge in [0.1, 0.15) is 11.6 Å². The number of halogens is 3. The number of anilines is 2. The van der Waals surface area contributed by atoms with Crippen LogP contribution in [-0.4, -0.2) is 43.0 Å². The maximum absolute atomic E-state index is 13.7. The minimum absolute atomic E-state index is 0.142. The Labute approximate surface area is 156 Å². The van der Waals surface area contributed by atoms with Crippen molar-refractivity contribution in [2.45, 2.75) is 13.0 Å². The van der Waals surface area contributed by atoms with Gasteiger partial charge in [-0.15, -0.1) is 0 Å². The maximum Gasteiger partial charge on any atom is 0.241 e. The molecule has 2 aromatic carbocycles. The molecule has 3 rings (SSSR count). The highest BCUT2D eigenvalue weighted by molar-refractivity contribution is 6.33. The van der Waals surface area contributed by atoms with Crippen LogP contribution in [0.5, 0.6) is 0 Å². The molecule has 7 heteroatoms. The minimum atomic E-state index is -0.657. The molecule has 1 fully saturated rings. The molecule has 0 aliphatic carbocycles. The quantitative estimate of drug-likeness (QED) is 0.878. The zero-order valence-electron chi connectivity index (χ0n) is 14.4. The van der Waals surface area contributed by atoms with E-state index in [4.69, 9.17) is 11.6 Å². The van der Waals surface area contributed by atoms with Gasteiger partial charge in [0.05, 0.1) is 22.4 Å². The number of piperazine rings is 1. The molecule has 1 saturated heterocycles. The standard InChI is InChI=1S/C19H20ClF2N3O/c1-13(19(26)23-17-12-14(21)6-7-16(17)22)24-8-10-25(11-9-24)18-5-3-2-4-15(18)20/h2-7,12-13H,8-11H2,1H3,(H,23,26)/t13-/m1/s1. The van der Waals surface area contributed by atoms with E-state index in [-0.39, 0.29) is 11.6 Å². The van der Waals surface area contributed by atoms with Crippen molar-refractivity contribution >= 4 is 28.9 Å². The van der Waals surface area contributed by atoms with Crippen LogP contribution in [0, 0.1) is 11.6 Å². The van der Waals surface area contributed by atoms with E-state index in [9.17, 15) is 13.6 Å². The van der Waals surface area contributed by atoms with Crippen LogP contribution in [0.15, 0.2) is 42.5 Å². The van der Waals surface area contributed by atoms with Crippen molar-refractivity contribution in [1.29, 1.82) is 0 Å². The molecule has 1 atom stereocenters. The third-order valence-corrected chi connectivity index (χ3v) is 4.94. The summed E-state index contributed by atoms with van der Waals surface area (Å²) in [6.45, 7) is 4.57. The van der Waals surface area contributed by atoms with E-state index in [1.54, 1.807) is 6.92 Å². The highest BCUT2D eigenvalue weighted by atomic mass is 35.5. The van der Waals surface area contributed by atoms with E-state index in [1.165, 1.54) is 0 Å². The number of carbonyl (C=O) groups is 1. The maximum atomic E-state index is 13.7. The molecular formula is C19H20ClF2N3O. The number of amides is 1. The van der Waals surface area contributed by atoms with Crippen LogP contribution in [0.25, 0.3) is 0 Å². The van der Waals surface area contributed by atoms with Crippen molar-refractivity contribution in [3.63, 3.8) is 0 Å². The second-order valence-corrected chi connectivity index (χ2v) is 6.67. The molecule has 0 radical (unpaired) electrons. The summed E-state index contributed by atoms with van der Waals surface area (Å²) in [5, 5.41) is 3.17. The van der Waals surface area contributed by atoms with Crippen LogP contribution in [0.1, 0.15) is 6.92 Å². The molecule has 138 valence electrons. The van der Waals surface area contributed by atoms with E-state index in [0.717, 1.165) is 37.0 Å². The number of benzene rings is 2. The predicted molar refractivity (Wildman–Crippen MR) is 99.7 cm³/mol. The highest BCUT2D eigenvalue weighted by Crippen LogP contribution is 2.26. The molecule has 2 aromatic rings. The first-order chi connectivity index (χ1) is 12.5. The first-order valence-corrected chi connectivity index (χ1v) is 8.83. The van der Waals surface area contributed by atoms with Gasteiger partial charge in [0.2, 0.25) is 5.91 Å². The van der Waals surface area contributed by atoms with Crippen molar-refractivity contribution in [1.82, 2.24) is 4.90 Å². The number of rotatable bonds is 4. The van der Waals surface area contributed by atoms with Crippen molar-refractivity contribution < 1.29 is 13.6 Å². The number of nitrogens with one attached hydrogen (secondary N) is 1. The van der Waals surface area contributed by atoms with Crippen LogP contribution in [-0.2, 0) is 4.79 Å². The Kier molecular flexibility index (Phi) is 5.74. The lowest BCUT2D eigenvalue weighted by Crippen LogP contribution is -2.53. The average Bonchev–Trinajstić information content (AvgIpc) is 2.64.